The summed E-state index contributed by atoms with van der Waals surface area (Å²) in [5.41, 5.74) is 6.75. The van der Waals surface area contributed by atoms with Crippen molar-refractivity contribution in [3.8, 4) is 0 Å². The van der Waals surface area contributed by atoms with Crippen molar-refractivity contribution in [2.24, 2.45) is 5.73 Å². The summed E-state index contributed by atoms with van der Waals surface area (Å²) in [5, 5.41) is 0. The molecule has 0 unspecified atom stereocenters. The third kappa shape index (κ3) is 3.52. The van der Waals surface area contributed by atoms with Gasteiger partial charge in [0.15, 0.2) is 0 Å². The van der Waals surface area contributed by atoms with Gasteiger partial charge in [0.05, 0.1) is 0 Å². The van der Waals surface area contributed by atoms with Gasteiger partial charge in [0.25, 0.3) is 0 Å². The van der Waals surface area contributed by atoms with Crippen LogP contribution < -0.4 is 5.73 Å². The SMILES string of the molecule is CC(C)N1CCN(Cc2ccncc2)C[C@@H]1C(N)=O. The quantitative estimate of drug-likeness (QED) is 0.856. The molecule has 0 radical (unpaired) electrons. The van der Waals surface area contributed by atoms with E-state index in [1.54, 1.807) is 12.4 Å². The number of carbonyl (C=O) groups is 1. The highest BCUT2D eigenvalue weighted by molar-refractivity contribution is 5.80. The first-order valence-electron chi connectivity index (χ1n) is 6.74. The number of aromatic nitrogens is 1. The molecular formula is C14H22N4O. The molecular weight excluding hydrogens is 240 g/mol. The predicted molar refractivity (Wildman–Crippen MR) is 74.3 cm³/mol. The lowest BCUT2D eigenvalue weighted by Crippen LogP contribution is -2.59. The largest absolute Gasteiger partial charge is 0.368 e. The lowest BCUT2D eigenvalue weighted by Gasteiger charge is -2.42. The number of primary amides is 1. The van der Waals surface area contributed by atoms with Crippen LogP contribution in [0.3, 0.4) is 0 Å². The summed E-state index contributed by atoms with van der Waals surface area (Å²) in [6.45, 7) is 7.61. The zero-order chi connectivity index (χ0) is 13.8. The van der Waals surface area contributed by atoms with Crippen molar-refractivity contribution in [2.45, 2.75) is 32.5 Å². The van der Waals surface area contributed by atoms with Gasteiger partial charge in [-0.1, -0.05) is 0 Å². The van der Waals surface area contributed by atoms with Crippen LogP contribution in [0.15, 0.2) is 24.5 Å². The Hall–Kier alpha value is -1.46. The minimum absolute atomic E-state index is 0.185. The highest BCUT2D eigenvalue weighted by Crippen LogP contribution is 2.15. The van der Waals surface area contributed by atoms with E-state index in [2.05, 4.69) is 28.6 Å². The fourth-order valence-electron chi connectivity index (χ4n) is 2.61. The van der Waals surface area contributed by atoms with Crippen molar-refractivity contribution in [3.05, 3.63) is 30.1 Å². The van der Waals surface area contributed by atoms with Crippen LogP contribution in [-0.2, 0) is 11.3 Å². The van der Waals surface area contributed by atoms with Gasteiger partial charge in [-0.2, -0.15) is 0 Å². The summed E-state index contributed by atoms with van der Waals surface area (Å²) >= 11 is 0. The Morgan fingerprint density at radius 1 is 1.42 bits per heavy atom. The molecule has 5 nitrogen and oxygen atoms in total. The molecule has 5 heteroatoms. The fourth-order valence-corrected chi connectivity index (χ4v) is 2.61. The molecule has 1 aliphatic rings. The van der Waals surface area contributed by atoms with Crippen LogP contribution in [0.5, 0.6) is 0 Å². The van der Waals surface area contributed by atoms with Gasteiger partial charge in [0, 0.05) is 44.6 Å². The van der Waals surface area contributed by atoms with E-state index >= 15 is 0 Å². The van der Waals surface area contributed by atoms with E-state index in [1.165, 1.54) is 5.56 Å². The minimum Gasteiger partial charge on any atom is -0.368 e. The monoisotopic (exact) mass is 262 g/mol. The Morgan fingerprint density at radius 2 is 2.11 bits per heavy atom. The second-order valence-electron chi connectivity index (χ2n) is 5.34. The highest BCUT2D eigenvalue weighted by Gasteiger charge is 2.32. The molecule has 0 aliphatic carbocycles. The number of amides is 1. The maximum atomic E-state index is 11.6. The number of rotatable bonds is 4. The Morgan fingerprint density at radius 3 is 2.68 bits per heavy atom. The van der Waals surface area contributed by atoms with Crippen molar-refractivity contribution in [1.29, 1.82) is 0 Å². The maximum Gasteiger partial charge on any atom is 0.236 e. The van der Waals surface area contributed by atoms with Crippen molar-refractivity contribution < 1.29 is 4.79 Å². The standard InChI is InChI=1S/C14H22N4O/c1-11(2)18-8-7-17(10-13(18)14(15)19)9-12-3-5-16-6-4-12/h3-6,11,13H,7-10H2,1-2H3,(H2,15,19)/t13-/m1/s1. The van der Waals surface area contributed by atoms with Crippen LogP contribution in [0.2, 0.25) is 0 Å². The van der Waals surface area contributed by atoms with Gasteiger partial charge in [0.2, 0.25) is 5.91 Å². The topological polar surface area (TPSA) is 62.5 Å². The molecule has 19 heavy (non-hydrogen) atoms. The summed E-state index contributed by atoms with van der Waals surface area (Å²) in [4.78, 5) is 20.1. The second kappa shape index (κ2) is 6.12. The third-order valence-electron chi connectivity index (χ3n) is 3.65. The molecule has 1 aromatic heterocycles. The zero-order valence-corrected chi connectivity index (χ0v) is 11.6. The predicted octanol–water partition coefficient (Wildman–Crippen LogP) is 0.462. The van der Waals surface area contributed by atoms with E-state index in [4.69, 9.17) is 5.73 Å². The van der Waals surface area contributed by atoms with E-state index in [1.807, 2.05) is 12.1 Å². The molecule has 104 valence electrons. The van der Waals surface area contributed by atoms with E-state index in [0.717, 1.165) is 19.6 Å². The lowest BCUT2D eigenvalue weighted by atomic mass is 10.1. The van der Waals surface area contributed by atoms with Crippen LogP contribution in [-0.4, -0.2) is 52.4 Å². The van der Waals surface area contributed by atoms with Gasteiger partial charge in [-0.05, 0) is 31.5 Å². The molecule has 2 heterocycles. The molecule has 0 saturated carbocycles. The minimum atomic E-state index is -0.229. The number of carbonyl (C=O) groups excluding carboxylic acids is 1. The van der Waals surface area contributed by atoms with Crippen LogP contribution in [0.1, 0.15) is 19.4 Å². The summed E-state index contributed by atoms with van der Waals surface area (Å²) in [6, 6.07) is 4.18. The van der Waals surface area contributed by atoms with Crippen LogP contribution >= 0.6 is 0 Å². The van der Waals surface area contributed by atoms with Crippen LogP contribution in [0, 0.1) is 0 Å². The first-order chi connectivity index (χ1) is 9.08. The summed E-state index contributed by atoms with van der Waals surface area (Å²) < 4.78 is 0. The number of hydrogen-bond donors (Lipinski definition) is 1. The Balaban J connectivity index is 2.01. The molecule has 2 N–H and O–H groups in total. The fraction of sp³-hybridized carbons (Fsp3) is 0.571. The second-order valence-corrected chi connectivity index (χ2v) is 5.34. The van der Waals surface area contributed by atoms with E-state index < -0.39 is 0 Å². The average molecular weight is 262 g/mol. The number of hydrogen-bond acceptors (Lipinski definition) is 4. The van der Waals surface area contributed by atoms with Gasteiger partial charge in [-0.3, -0.25) is 19.6 Å². The van der Waals surface area contributed by atoms with Crippen molar-refractivity contribution in [3.63, 3.8) is 0 Å². The van der Waals surface area contributed by atoms with Crippen molar-refractivity contribution >= 4 is 5.91 Å². The highest BCUT2D eigenvalue weighted by atomic mass is 16.1. The third-order valence-corrected chi connectivity index (χ3v) is 3.65. The molecule has 0 spiro atoms. The summed E-state index contributed by atoms with van der Waals surface area (Å²) in [6.07, 6.45) is 3.59. The van der Waals surface area contributed by atoms with Gasteiger partial charge < -0.3 is 5.73 Å². The van der Waals surface area contributed by atoms with Crippen LogP contribution in [0.25, 0.3) is 0 Å². The molecule has 1 aliphatic heterocycles. The van der Waals surface area contributed by atoms with Gasteiger partial charge in [-0.15, -0.1) is 0 Å². The Labute approximate surface area is 114 Å². The van der Waals surface area contributed by atoms with Crippen LogP contribution in [0.4, 0.5) is 0 Å². The van der Waals surface area contributed by atoms with Crippen molar-refractivity contribution in [1.82, 2.24) is 14.8 Å². The van der Waals surface area contributed by atoms with Crippen molar-refractivity contribution in [2.75, 3.05) is 19.6 Å². The zero-order valence-electron chi connectivity index (χ0n) is 11.6. The van der Waals surface area contributed by atoms with Gasteiger partial charge >= 0.3 is 0 Å². The maximum absolute atomic E-state index is 11.6. The lowest BCUT2D eigenvalue weighted by molar-refractivity contribution is -0.126. The summed E-state index contributed by atoms with van der Waals surface area (Å²) in [7, 11) is 0. The number of nitrogens with two attached hydrogens (primary N) is 1. The first-order valence-corrected chi connectivity index (χ1v) is 6.74. The smallest absolute Gasteiger partial charge is 0.236 e. The molecule has 1 fully saturated rings. The Kier molecular flexibility index (Phi) is 4.50. The molecule has 1 aromatic rings. The number of piperazine rings is 1. The molecule has 1 saturated heterocycles. The van der Waals surface area contributed by atoms with E-state index in [-0.39, 0.29) is 11.9 Å². The molecule has 0 bridgehead atoms. The van der Waals surface area contributed by atoms with Gasteiger partial charge in [0.1, 0.15) is 6.04 Å². The molecule has 1 amide bonds. The first kappa shape index (κ1) is 14.0. The van der Waals surface area contributed by atoms with E-state index in [0.29, 0.717) is 12.6 Å². The molecule has 1 atom stereocenters. The normalized spacial score (nSPS) is 21.7. The Bertz CT molecular complexity index is 421. The van der Waals surface area contributed by atoms with E-state index in [9.17, 15) is 4.79 Å². The summed E-state index contributed by atoms with van der Waals surface area (Å²) in [5.74, 6) is -0.229. The van der Waals surface area contributed by atoms with Gasteiger partial charge in [-0.25, -0.2) is 0 Å². The number of nitrogens with zero attached hydrogens (tertiary/aromatic N) is 3. The molecule has 2 rings (SSSR count). The molecule has 0 aromatic carbocycles. The average Bonchev–Trinajstić information content (AvgIpc) is 2.39. The number of pyridine rings is 1.